The second-order valence-electron chi connectivity index (χ2n) is 4.77. The monoisotopic (exact) mass is 311 g/mol. The van der Waals surface area contributed by atoms with Crippen LogP contribution in [0.1, 0.15) is 11.3 Å². The number of furan rings is 1. The topological polar surface area (TPSA) is 50.4 Å². The van der Waals surface area contributed by atoms with E-state index in [-0.39, 0.29) is 0 Å². The van der Waals surface area contributed by atoms with E-state index < -0.39 is 0 Å². The van der Waals surface area contributed by atoms with Gasteiger partial charge in [0.15, 0.2) is 0 Å². The normalized spacial score (nSPS) is 11.0. The van der Waals surface area contributed by atoms with Crippen molar-refractivity contribution in [3.05, 3.63) is 71.2 Å². The molecule has 0 unspecified atom stereocenters. The Morgan fingerprint density at radius 2 is 1.95 bits per heavy atom. The summed E-state index contributed by atoms with van der Waals surface area (Å²) < 4.78 is 5.78. The van der Waals surface area contributed by atoms with E-state index in [1.54, 1.807) is 18.6 Å². The van der Waals surface area contributed by atoms with Crippen LogP contribution < -0.4 is 5.43 Å². The average Bonchev–Trinajstić information content (AvgIpc) is 2.99. The van der Waals surface area contributed by atoms with E-state index in [0.717, 1.165) is 22.6 Å². The standard InChI is InChI=1S/C17H14ClN3O/c1-12-2-3-13(18)10-16(12)17-5-4-15(22-17)11-20-21-14-6-8-19-9-7-14/h2-11H,1H3,(H,19,21)/b20-11+. The zero-order chi connectivity index (χ0) is 15.4. The Kier molecular flexibility index (Phi) is 4.21. The van der Waals surface area contributed by atoms with Gasteiger partial charge in [-0.1, -0.05) is 17.7 Å². The number of halogens is 1. The molecule has 1 aromatic carbocycles. The van der Waals surface area contributed by atoms with Crippen molar-refractivity contribution in [2.45, 2.75) is 6.92 Å². The molecule has 2 aromatic heterocycles. The molecule has 0 spiro atoms. The first-order chi connectivity index (χ1) is 10.7. The van der Waals surface area contributed by atoms with Crippen molar-refractivity contribution >= 4 is 23.5 Å². The van der Waals surface area contributed by atoms with Crippen LogP contribution in [0.3, 0.4) is 0 Å². The van der Waals surface area contributed by atoms with E-state index in [1.165, 1.54) is 0 Å². The second-order valence-corrected chi connectivity index (χ2v) is 5.20. The molecule has 0 aliphatic carbocycles. The lowest BCUT2D eigenvalue weighted by Crippen LogP contribution is -1.89. The fraction of sp³-hybridized carbons (Fsp3) is 0.0588. The summed E-state index contributed by atoms with van der Waals surface area (Å²) in [5, 5.41) is 4.82. The summed E-state index contributed by atoms with van der Waals surface area (Å²) in [6.07, 6.45) is 5.03. The minimum atomic E-state index is 0.663. The third-order valence-corrected chi connectivity index (χ3v) is 3.39. The molecule has 0 fully saturated rings. The number of anilines is 1. The molecular weight excluding hydrogens is 298 g/mol. The van der Waals surface area contributed by atoms with Crippen LogP contribution in [0, 0.1) is 6.92 Å². The summed E-state index contributed by atoms with van der Waals surface area (Å²) in [6, 6.07) is 13.2. The highest BCUT2D eigenvalue weighted by Crippen LogP contribution is 2.27. The molecular formula is C17H14ClN3O. The van der Waals surface area contributed by atoms with Crippen molar-refractivity contribution in [2.24, 2.45) is 5.10 Å². The molecule has 22 heavy (non-hydrogen) atoms. The van der Waals surface area contributed by atoms with Gasteiger partial charge in [0.2, 0.25) is 0 Å². The SMILES string of the molecule is Cc1ccc(Cl)cc1-c1ccc(/C=N/Nc2ccncc2)o1. The van der Waals surface area contributed by atoms with Crippen molar-refractivity contribution < 1.29 is 4.42 Å². The highest BCUT2D eigenvalue weighted by molar-refractivity contribution is 6.30. The third-order valence-electron chi connectivity index (χ3n) is 3.16. The van der Waals surface area contributed by atoms with Gasteiger partial charge in [0.25, 0.3) is 0 Å². The van der Waals surface area contributed by atoms with Gasteiger partial charge in [0, 0.05) is 23.0 Å². The highest BCUT2D eigenvalue weighted by atomic mass is 35.5. The van der Waals surface area contributed by atoms with Crippen LogP contribution in [0.15, 0.2) is 64.4 Å². The van der Waals surface area contributed by atoms with Crippen LogP contribution in [0.4, 0.5) is 5.69 Å². The van der Waals surface area contributed by atoms with E-state index in [4.69, 9.17) is 16.0 Å². The third kappa shape index (κ3) is 3.35. The lowest BCUT2D eigenvalue weighted by Gasteiger charge is -2.02. The summed E-state index contributed by atoms with van der Waals surface area (Å²) in [4.78, 5) is 3.94. The smallest absolute Gasteiger partial charge is 0.147 e. The summed E-state index contributed by atoms with van der Waals surface area (Å²) in [5.41, 5.74) is 5.86. The number of nitrogens with one attached hydrogen (secondary N) is 1. The first kappa shape index (κ1) is 14.4. The molecule has 3 rings (SSSR count). The Labute approximate surface area is 133 Å². The maximum absolute atomic E-state index is 6.04. The maximum atomic E-state index is 6.04. The molecule has 1 N–H and O–H groups in total. The van der Waals surface area contributed by atoms with Crippen LogP contribution in [0.2, 0.25) is 5.02 Å². The van der Waals surface area contributed by atoms with Crippen LogP contribution in [-0.2, 0) is 0 Å². The summed E-state index contributed by atoms with van der Waals surface area (Å²) in [5.74, 6) is 1.43. The van der Waals surface area contributed by atoms with Crippen molar-refractivity contribution in [3.8, 4) is 11.3 Å². The summed E-state index contributed by atoms with van der Waals surface area (Å²) >= 11 is 6.04. The largest absolute Gasteiger partial charge is 0.455 e. The van der Waals surface area contributed by atoms with Crippen molar-refractivity contribution in [3.63, 3.8) is 0 Å². The lowest BCUT2D eigenvalue weighted by molar-refractivity contribution is 0.574. The molecule has 0 saturated heterocycles. The van der Waals surface area contributed by atoms with Gasteiger partial charge >= 0.3 is 0 Å². The molecule has 0 amide bonds. The second kappa shape index (κ2) is 6.45. The minimum absolute atomic E-state index is 0.663. The molecule has 2 heterocycles. The van der Waals surface area contributed by atoms with Crippen molar-refractivity contribution in [1.29, 1.82) is 0 Å². The van der Waals surface area contributed by atoms with Gasteiger partial charge in [-0.05, 0) is 48.9 Å². The fourth-order valence-electron chi connectivity index (χ4n) is 2.02. The summed E-state index contributed by atoms with van der Waals surface area (Å²) in [6.45, 7) is 2.02. The molecule has 5 heteroatoms. The van der Waals surface area contributed by atoms with Gasteiger partial charge in [-0.15, -0.1) is 0 Å². The fourth-order valence-corrected chi connectivity index (χ4v) is 2.20. The Hall–Kier alpha value is -2.59. The first-order valence-electron chi connectivity index (χ1n) is 6.78. The Bertz CT molecular complexity index is 797. The number of aryl methyl sites for hydroxylation is 1. The quantitative estimate of drug-likeness (QED) is 0.559. The molecule has 0 radical (unpaired) electrons. The highest BCUT2D eigenvalue weighted by Gasteiger charge is 2.07. The van der Waals surface area contributed by atoms with E-state index in [1.807, 2.05) is 49.4 Å². The summed E-state index contributed by atoms with van der Waals surface area (Å²) in [7, 11) is 0. The molecule has 3 aromatic rings. The van der Waals surface area contributed by atoms with Crippen LogP contribution in [0.25, 0.3) is 11.3 Å². The molecule has 110 valence electrons. The first-order valence-corrected chi connectivity index (χ1v) is 7.15. The van der Waals surface area contributed by atoms with Crippen molar-refractivity contribution in [2.75, 3.05) is 5.43 Å². The number of nitrogens with zero attached hydrogens (tertiary/aromatic N) is 2. The van der Waals surface area contributed by atoms with E-state index in [2.05, 4.69) is 15.5 Å². The lowest BCUT2D eigenvalue weighted by atomic mass is 10.1. The van der Waals surface area contributed by atoms with Gasteiger partial charge in [0.1, 0.15) is 11.5 Å². The molecule has 0 aliphatic heterocycles. The maximum Gasteiger partial charge on any atom is 0.147 e. The van der Waals surface area contributed by atoms with E-state index in [0.29, 0.717) is 10.8 Å². The number of aromatic nitrogens is 1. The van der Waals surface area contributed by atoms with Crippen LogP contribution in [-0.4, -0.2) is 11.2 Å². The van der Waals surface area contributed by atoms with Crippen LogP contribution in [0.5, 0.6) is 0 Å². The van der Waals surface area contributed by atoms with Crippen LogP contribution >= 0.6 is 11.6 Å². The average molecular weight is 312 g/mol. The Morgan fingerprint density at radius 3 is 2.77 bits per heavy atom. The van der Waals surface area contributed by atoms with Crippen molar-refractivity contribution in [1.82, 2.24) is 4.98 Å². The molecule has 0 bridgehead atoms. The van der Waals surface area contributed by atoms with E-state index in [9.17, 15) is 0 Å². The number of benzene rings is 1. The molecule has 0 aliphatic rings. The zero-order valence-electron chi connectivity index (χ0n) is 12.0. The van der Waals surface area contributed by atoms with Gasteiger partial charge in [-0.2, -0.15) is 5.10 Å². The van der Waals surface area contributed by atoms with Gasteiger partial charge in [0.05, 0.1) is 11.9 Å². The number of hydrogen-bond acceptors (Lipinski definition) is 4. The number of hydrogen-bond donors (Lipinski definition) is 1. The number of rotatable bonds is 4. The number of pyridine rings is 1. The number of hydrazone groups is 1. The van der Waals surface area contributed by atoms with Gasteiger partial charge < -0.3 is 4.42 Å². The van der Waals surface area contributed by atoms with Gasteiger partial charge in [-0.3, -0.25) is 10.4 Å². The van der Waals surface area contributed by atoms with Gasteiger partial charge in [-0.25, -0.2) is 0 Å². The van der Waals surface area contributed by atoms with E-state index >= 15 is 0 Å². The Balaban J connectivity index is 1.75. The molecule has 4 nitrogen and oxygen atoms in total. The zero-order valence-corrected chi connectivity index (χ0v) is 12.7. The minimum Gasteiger partial charge on any atom is -0.455 e. The molecule has 0 atom stereocenters. The molecule has 0 saturated carbocycles. The predicted octanol–water partition coefficient (Wildman–Crippen LogP) is 4.75. The predicted molar refractivity (Wildman–Crippen MR) is 89.3 cm³/mol. The Morgan fingerprint density at radius 1 is 1.14 bits per heavy atom.